The van der Waals surface area contributed by atoms with Gasteiger partial charge in [-0.2, -0.15) is 5.10 Å². The fraction of sp³-hybridized carbons (Fsp3) is 0.800. The molecule has 0 amide bonds. The van der Waals surface area contributed by atoms with Crippen LogP contribution in [0, 0.1) is 5.92 Å². The summed E-state index contributed by atoms with van der Waals surface area (Å²) in [5, 5.41) is 7.91. The molecule has 1 N–H and O–H groups in total. The summed E-state index contributed by atoms with van der Waals surface area (Å²) in [4.78, 5) is 2.62. The highest BCUT2D eigenvalue weighted by atomic mass is 35.5. The van der Waals surface area contributed by atoms with Crippen molar-refractivity contribution >= 4 is 12.4 Å². The average molecular weight is 299 g/mol. The molecule has 0 bridgehead atoms. The van der Waals surface area contributed by atoms with Crippen molar-refractivity contribution in [2.75, 3.05) is 26.2 Å². The van der Waals surface area contributed by atoms with Crippen LogP contribution in [0.2, 0.25) is 0 Å². The number of aromatic nitrogens is 2. The summed E-state index contributed by atoms with van der Waals surface area (Å²) in [6.45, 7) is 4.99. The molecule has 0 aromatic carbocycles. The van der Waals surface area contributed by atoms with E-state index in [4.69, 9.17) is 0 Å². The van der Waals surface area contributed by atoms with Crippen molar-refractivity contribution in [2.45, 2.75) is 38.1 Å². The fourth-order valence-corrected chi connectivity index (χ4v) is 3.58. The maximum absolute atomic E-state index is 4.23. The fourth-order valence-electron chi connectivity index (χ4n) is 3.58. The molecule has 114 valence electrons. The molecule has 2 aliphatic heterocycles. The van der Waals surface area contributed by atoms with Crippen LogP contribution in [0.4, 0.5) is 0 Å². The third kappa shape index (κ3) is 3.96. The first kappa shape index (κ1) is 15.8. The Hall–Kier alpha value is -0.580. The summed E-state index contributed by atoms with van der Waals surface area (Å²) in [6.07, 6.45) is 10.8. The van der Waals surface area contributed by atoms with E-state index in [1.54, 1.807) is 0 Å². The van der Waals surface area contributed by atoms with Crippen LogP contribution in [0.1, 0.15) is 31.2 Å². The predicted octanol–water partition coefficient (Wildman–Crippen LogP) is 1.85. The van der Waals surface area contributed by atoms with Gasteiger partial charge in [0, 0.05) is 25.8 Å². The van der Waals surface area contributed by atoms with Crippen LogP contribution >= 0.6 is 12.4 Å². The first-order chi connectivity index (χ1) is 9.31. The zero-order chi connectivity index (χ0) is 13.1. The molecular weight excluding hydrogens is 272 g/mol. The second kappa shape index (κ2) is 7.43. The lowest BCUT2D eigenvalue weighted by molar-refractivity contribution is 0.165. The number of aryl methyl sites for hydroxylation is 1. The molecule has 2 saturated heterocycles. The molecule has 0 aliphatic carbocycles. The zero-order valence-corrected chi connectivity index (χ0v) is 13.2. The summed E-state index contributed by atoms with van der Waals surface area (Å²) in [5.41, 5.74) is 1.36. The van der Waals surface area contributed by atoms with Crippen molar-refractivity contribution in [1.29, 1.82) is 0 Å². The van der Waals surface area contributed by atoms with Crippen LogP contribution < -0.4 is 5.32 Å². The quantitative estimate of drug-likeness (QED) is 0.921. The Bertz CT molecular complexity index is 392. The van der Waals surface area contributed by atoms with E-state index in [9.17, 15) is 0 Å². The number of rotatable bonds is 4. The number of piperidine rings is 1. The van der Waals surface area contributed by atoms with E-state index in [1.807, 2.05) is 17.9 Å². The van der Waals surface area contributed by atoms with Crippen LogP contribution in [-0.2, 0) is 13.5 Å². The lowest BCUT2D eigenvalue weighted by Crippen LogP contribution is -2.41. The van der Waals surface area contributed by atoms with Gasteiger partial charge < -0.3 is 10.2 Å². The van der Waals surface area contributed by atoms with Gasteiger partial charge in [0.05, 0.1) is 6.20 Å². The van der Waals surface area contributed by atoms with Crippen LogP contribution in [0.25, 0.3) is 0 Å². The van der Waals surface area contributed by atoms with Crippen molar-refractivity contribution in [3.8, 4) is 0 Å². The zero-order valence-electron chi connectivity index (χ0n) is 12.4. The van der Waals surface area contributed by atoms with E-state index in [0.29, 0.717) is 0 Å². The monoisotopic (exact) mass is 298 g/mol. The van der Waals surface area contributed by atoms with Crippen LogP contribution in [0.5, 0.6) is 0 Å². The Kier molecular flexibility index (Phi) is 5.87. The molecule has 5 heteroatoms. The second-order valence-electron chi connectivity index (χ2n) is 6.15. The number of likely N-dealkylation sites (tertiary alicyclic amines) is 1. The van der Waals surface area contributed by atoms with E-state index in [-0.39, 0.29) is 12.4 Å². The molecule has 1 atom stereocenters. The minimum Gasteiger partial charge on any atom is -0.314 e. The van der Waals surface area contributed by atoms with E-state index >= 15 is 0 Å². The summed E-state index contributed by atoms with van der Waals surface area (Å²) in [6, 6.07) is 0.820. The van der Waals surface area contributed by atoms with Gasteiger partial charge in [-0.3, -0.25) is 4.68 Å². The summed E-state index contributed by atoms with van der Waals surface area (Å²) in [7, 11) is 1.99. The minimum atomic E-state index is 0. The molecule has 1 aromatic heterocycles. The van der Waals surface area contributed by atoms with Gasteiger partial charge in [-0.05, 0) is 63.2 Å². The molecule has 0 saturated carbocycles. The van der Waals surface area contributed by atoms with Gasteiger partial charge in [0.15, 0.2) is 0 Å². The number of nitrogens with one attached hydrogen (secondary N) is 1. The third-order valence-corrected chi connectivity index (χ3v) is 4.77. The standard InChI is InChI=1S/C15H26N4.ClH/c1-18-12-13(11-17-18)4-8-19-9-5-14(6-10-19)15-3-2-7-16-15;/h11-12,14-16H,2-10H2,1H3;1H. The molecule has 1 aromatic rings. The Balaban J connectivity index is 0.00000147. The average Bonchev–Trinajstić information content (AvgIpc) is 3.08. The van der Waals surface area contributed by atoms with E-state index in [0.717, 1.165) is 18.4 Å². The van der Waals surface area contributed by atoms with Crippen molar-refractivity contribution < 1.29 is 0 Å². The van der Waals surface area contributed by atoms with E-state index in [2.05, 4.69) is 21.5 Å². The Morgan fingerprint density at radius 2 is 2.10 bits per heavy atom. The van der Waals surface area contributed by atoms with Crippen molar-refractivity contribution in [3.63, 3.8) is 0 Å². The highest BCUT2D eigenvalue weighted by Gasteiger charge is 2.27. The van der Waals surface area contributed by atoms with Crippen molar-refractivity contribution in [1.82, 2.24) is 20.0 Å². The SMILES string of the molecule is Cl.Cn1cc(CCN2CCC(C3CCCN3)CC2)cn1. The Morgan fingerprint density at radius 3 is 2.70 bits per heavy atom. The topological polar surface area (TPSA) is 33.1 Å². The van der Waals surface area contributed by atoms with E-state index in [1.165, 1.54) is 57.4 Å². The number of hydrogen-bond acceptors (Lipinski definition) is 3. The van der Waals surface area contributed by atoms with Gasteiger partial charge in [-0.15, -0.1) is 12.4 Å². The molecule has 1 unspecified atom stereocenters. The van der Waals surface area contributed by atoms with Gasteiger partial charge >= 0.3 is 0 Å². The molecule has 3 rings (SSSR count). The molecule has 3 heterocycles. The van der Waals surface area contributed by atoms with Crippen LogP contribution in [-0.4, -0.2) is 46.9 Å². The highest BCUT2D eigenvalue weighted by Crippen LogP contribution is 2.25. The third-order valence-electron chi connectivity index (χ3n) is 4.77. The molecule has 20 heavy (non-hydrogen) atoms. The van der Waals surface area contributed by atoms with Gasteiger partial charge in [0.1, 0.15) is 0 Å². The molecule has 0 radical (unpaired) electrons. The van der Waals surface area contributed by atoms with Gasteiger partial charge in [-0.1, -0.05) is 0 Å². The molecule has 4 nitrogen and oxygen atoms in total. The highest BCUT2D eigenvalue weighted by molar-refractivity contribution is 5.85. The molecular formula is C15H27ClN4. The summed E-state index contributed by atoms with van der Waals surface area (Å²) >= 11 is 0. The predicted molar refractivity (Wildman–Crippen MR) is 84.3 cm³/mol. The van der Waals surface area contributed by atoms with Gasteiger partial charge in [0.25, 0.3) is 0 Å². The second-order valence-corrected chi connectivity index (χ2v) is 6.15. The lowest BCUT2D eigenvalue weighted by atomic mass is 9.88. The number of halogens is 1. The van der Waals surface area contributed by atoms with Crippen LogP contribution in [0.15, 0.2) is 12.4 Å². The van der Waals surface area contributed by atoms with Crippen molar-refractivity contribution in [2.24, 2.45) is 13.0 Å². The molecule has 2 fully saturated rings. The number of nitrogens with zero attached hydrogens (tertiary/aromatic N) is 3. The first-order valence-corrected chi connectivity index (χ1v) is 7.74. The Morgan fingerprint density at radius 1 is 1.30 bits per heavy atom. The maximum Gasteiger partial charge on any atom is 0.0522 e. The largest absolute Gasteiger partial charge is 0.314 e. The summed E-state index contributed by atoms with van der Waals surface area (Å²) in [5.74, 6) is 0.928. The first-order valence-electron chi connectivity index (χ1n) is 7.74. The van der Waals surface area contributed by atoms with Crippen molar-refractivity contribution in [3.05, 3.63) is 18.0 Å². The van der Waals surface area contributed by atoms with Gasteiger partial charge in [0.2, 0.25) is 0 Å². The van der Waals surface area contributed by atoms with Gasteiger partial charge in [-0.25, -0.2) is 0 Å². The number of hydrogen-bond donors (Lipinski definition) is 1. The lowest BCUT2D eigenvalue weighted by Gasteiger charge is -2.34. The van der Waals surface area contributed by atoms with E-state index < -0.39 is 0 Å². The molecule has 0 spiro atoms. The minimum absolute atomic E-state index is 0. The Labute approximate surface area is 128 Å². The normalized spacial score (nSPS) is 24.8. The maximum atomic E-state index is 4.23. The summed E-state index contributed by atoms with van der Waals surface area (Å²) < 4.78 is 1.90. The molecule has 2 aliphatic rings. The smallest absolute Gasteiger partial charge is 0.0522 e. The van der Waals surface area contributed by atoms with Crippen LogP contribution in [0.3, 0.4) is 0 Å².